The fourth-order valence-corrected chi connectivity index (χ4v) is 2.61. The van der Waals surface area contributed by atoms with Crippen LogP contribution in [0, 0.1) is 11.7 Å². The molecule has 1 atom stereocenters. The summed E-state index contributed by atoms with van der Waals surface area (Å²) < 4.78 is 19.2. The molecule has 0 spiro atoms. The van der Waals surface area contributed by atoms with E-state index in [0.29, 0.717) is 5.75 Å². The molecule has 1 unspecified atom stereocenters. The summed E-state index contributed by atoms with van der Waals surface area (Å²) >= 11 is 0. The van der Waals surface area contributed by atoms with E-state index in [1.165, 1.54) is 30.2 Å². The third-order valence-corrected chi connectivity index (χ3v) is 3.95. The minimum absolute atomic E-state index is 0.161. The second kappa shape index (κ2) is 5.35. The van der Waals surface area contributed by atoms with Gasteiger partial charge in [-0.05, 0) is 30.9 Å². The average molecular weight is 292 g/mol. The summed E-state index contributed by atoms with van der Waals surface area (Å²) in [6, 6.07) is 3.73. The smallest absolute Gasteiger partial charge is 0.249 e. The van der Waals surface area contributed by atoms with Crippen LogP contribution in [-0.2, 0) is 9.59 Å². The van der Waals surface area contributed by atoms with Crippen LogP contribution in [0.5, 0.6) is 5.75 Å². The van der Waals surface area contributed by atoms with Crippen LogP contribution in [-0.4, -0.2) is 31.5 Å². The van der Waals surface area contributed by atoms with Crippen LogP contribution in [0.2, 0.25) is 0 Å². The minimum Gasteiger partial charge on any atom is -0.497 e. The van der Waals surface area contributed by atoms with Gasteiger partial charge in [0.05, 0.1) is 12.8 Å². The van der Waals surface area contributed by atoms with E-state index in [9.17, 15) is 14.0 Å². The Morgan fingerprint density at radius 1 is 1.33 bits per heavy atom. The number of carbonyl (C=O) groups excluding carboxylic acids is 2. The van der Waals surface area contributed by atoms with Gasteiger partial charge in [0.2, 0.25) is 11.8 Å². The molecule has 1 aliphatic carbocycles. The topological polar surface area (TPSA) is 58.6 Å². The van der Waals surface area contributed by atoms with E-state index < -0.39 is 11.9 Å². The molecule has 0 bridgehead atoms. The first-order valence-corrected chi connectivity index (χ1v) is 7.04. The first-order chi connectivity index (χ1) is 10.1. The van der Waals surface area contributed by atoms with Gasteiger partial charge in [0, 0.05) is 19.0 Å². The SMILES string of the molecule is COc1ccc(F)c(N2CCC(=O)NC(C3CC3)C2=O)c1. The molecule has 112 valence electrons. The molecular weight excluding hydrogens is 275 g/mol. The second-order valence-electron chi connectivity index (χ2n) is 5.44. The standard InChI is InChI=1S/C15H17FN2O3/c1-21-10-4-5-11(16)12(8-10)18-7-6-13(19)17-14(15(18)20)9-2-3-9/h4-5,8-9,14H,2-3,6-7H2,1H3,(H,17,19). The number of amides is 2. The van der Waals surface area contributed by atoms with Crippen molar-refractivity contribution in [2.45, 2.75) is 25.3 Å². The van der Waals surface area contributed by atoms with Gasteiger partial charge in [-0.2, -0.15) is 0 Å². The molecule has 1 N–H and O–H groups in total. The van der Waals surface area contributed by atoms with Gasteiger partial charge in [0.1, 0.15) is 17.6 Å². The maximum absolute atomic E-state index is 14.1. The van der Waals surface area contributed by atoms with Gasteiger partial charge in [0.15, 0.2) is 0 Å². The maximum Gasteiger partial charge on any atom is 0.249 e. The summed E-state index contributed by atoms with van der Waals surface area (Å²) in [5.41, 5.74) is 0.168. The summed E-state index contributed by atoms with van der Waals surface area (Å²) in [6.45, 7) is 0.179. The van der Waals surface area contributed by atoms with E-state index in [1.807, 2.05) is 0 Å². The highest BCUT2D eigenvalue weighted by Crippen LogP contribution is 2.35. The van der Waals surface area contributed by atoms with Crippen LogP contribution in [0.4, 0.5) is 10.1 Å². The number of carbonyl (C=O) groups is 2. The van der Waals surface area contributed by atoms with Crippen molar-refractivity contribution in [1.82, 2.24) is 5.32 Å². The largest absolute Gasteiger partial charge is 0.497 e. The third kappa shape index (κ3) is 2.70. The summed E-state index contributed by atoms with van der Waals surface area (Å²) in [5, 5.41) is 2.75. The molecular formula is C15H17FN2O3. The zero-order valence-corrected chi connectivity index (χ0v) is 11.8. The number of methoxy groups -OCH3 is 1. The van der Waals surface area contributed by atoms with Crippen LogP contribution in [0.15, 0.2) is 18.2 Å². The maximum atomic E-state index is 14.1. The number of ether oxygens (including phenoxy) is 1. The molecule has 5 nitrogen and oxygen atoms in total. The summed E-state index contributed by atoms with van der Waals surface area (Å²) in [4.78, 5) is 25.7. The number of hydrogen-bond donors (Lipinski definition) is 1. The Labute approximate surface area is 122 Å². The lowest BCUT2D eigenvalue weighted by molar-refractivity contribution is -0.126. The summed E-state index contributed by atoms with van der Waals surface area (Å²) in [5.74, 6) is -0.240. The Morgan fingerprint density at radius 3 is 2.76 bits per heavy atom. The molecule has 1 aromatic carbocycles. The molecule has 2 amide bonds. The van der Waals surface area contributed by atoms with Crippen LogP contribution in [0.1, 0.15) is 19.3 Å². The predicted octanol–water partition coefficient (Wildman–Crippen LogP) is 1.47. The lowest BCUT2D eigenvalue weighted by Gasteiger charge is -2.24. The fourth-order valence-electron chi connectivity index (χ4n) is 2.61. The molecule has 2 fully saturated rings. The number of nitrogens with one attached hydrogen (secondary N) is 1. The van der Waals surface area contributed by atoms with Crippen LogP contribution >= 0.6 is 0 Å². The van der Waals surface area contributed by atoms with Gasteiger partial charge >= 0.3 is 0 Å². The average Bonchev–Trinajstić information content (AvgIpc) is 3.30. The molecule has 0 radical (unpaired) electrons. The summed E-state index contributed by atoms with van der Waals surface area (Å²) in [6.07, 6.45) is 2.02. The van der Waals surface area contributed by atoms with Gasteiger partial charge in [-0.25, -0.2) is 4.39 Å². The number of rotatable bonds is 3. The number of halogens is 1. The van der Waals surface area contributed by atoms with E-state index in [4.69, 9.17) is 4.74 Å². The van der Waals surface area contributed by atoms with Crippen molar-refractivity contribution in [1.29, 1.82) is 0 Å². The third-order valence-electron chi connectivity index (χ3n) is 3.95. The highest BCUT2D eigenvalue weighted by molar-refractivity contribution is 6.01. The molecule has 0 aromatic heterocycles. The van der Waals surface area contributed by atoms with Gasteiger partial charge in [-0.15, -0.1) is 0 Å². The molecule has 1 saturated heterocycles. The van der Waals surface area contributed by atoms with Gasteiger partial charge in [-0.3, -0.25) is 9.59 Å². The summed E-state index contributed by atoms with van der Waals surface area (Å²) in [7, 11) is 1.49. The lowest BCUT2D eigenvalue weighted by Crippen LogP contribution is -2.46. The first-order valence-electron chi connectivity index (χ1n) is 7.04. The van der Waals surface area contributed by atoms with Crippen molar-refractivity contribution in [2.24, 2.45) is 5.92 Å². The van der Waals surface area contributed by atoms with Crippen LogP contribution in [0.25, 0.3) is 0 Å². The zero-order chi connectivity index (χ0) is 15.0. The monoisotopic (exact) mass is 292 g/mol. The normalized spacial score (nSPS) is 22.8. The van der Waals surface area contributed by atoms with E-state index in [0.717, 1.165) is 12.8 Å². The molecule has 1 aliphatic heterocycles. The van der Waals surface area contributed by atoms with Crippen LogP contribution in [0.3, 0.4) is 0 Å². The molecule has 6 heteroatoms. The Bertz CT molecular complexity index is 586. The molecule has 1 heterocycles. The molecule has 2 aliphatic rings. The number of anilines is 1. The molecule has 21 heavy (non-hydrogen) atoms. The Kier molecular flexibility index (Phi) is 3.53. The van der Waals surface area contributed by atoms with Gasteiger partial charge in [0.25, 0.3) is 0 Å². The number of benzene rings is 1. The fraction of sp³-hybridized carbons (Fsp3) is 0.467. The van der Waals surface area contributed by atoms with Crippen molar-refractivity contribution >= 4 is 17.5 Å². The second-order valence-corrected chi connectivity index (χ2v) is 5.44. The van der Waals surface area contributed by atoms with Crippen molar-refractivity contribution in [3.05, 3.63) is 24.0 Å². The highest BCUT2D eigenvalue weighted by atomic mass is 19.1. The lowest BCUT2D eigenvalue weighted by atomic mass is 10.1. The van der Waals surface area contributed by atoms with Gasteiger partial charge in [-0.1, -0.05) is 0 Å². The number of nitrogens with zero attached hydrogens (tertiary/aromatic N) is 1. The predicted molar refractivity (Wildman–Crippen MR) is 74.6 cm³/mol. The van der Waals surface area contributed by atoms with Crippen LogP contribution < -0.4 is 15.0 Å². The zero-order valence-electron chi connectivity index (χ0n) is 11.8. The number of hydrogen-bond acceptors (Lipinski definition) is 3. The molecule has 1 saturated carbocycles. The first kappa shape index (κ1) is 13.9. The van der Waals surface area contributed by atoms with E-state index in [-0.39, 0.29) is 36.4 Å². The van der Waals surface area contributed by atoms with Crippen molar-refractivity contribution in [2.75, 3.05) is 18.6 Å². The van der Waals surface area contributed by atoms with Crippen molar-refractivity contribution in [3.63, 3.8) is 0 Å². The Morgan fingerprint density at radius 2 is 2.10 bits per heavy atom. The van der Waals surface area contributed by atoms with Gasteiger partial charge < -0.3 is 15.0 Å². The Balaban J connectivity index is 1.95. The molecule has 3 rings (SSSR count). The van der Waals surface area contributed by atoms with E-state index >= 15 is 0 Å². The minimum atomic E-state index is -0.536. The molecule has 1 aromatic rings. The highest BCUT2D eigenvalue weighted by Gasteiger charge is 2.41. The van der Waals surface area contributed by atoms with E-state index in [2.05, 4.69) is 5.32 Å². The Hall–Kier alpha value is -2.11. The quantitative estimate of drug-likeness (QED) is 0.917. The van der Waals surface area contributed by atoms with Crippen molar-refractivity contribution < 1.29 is 18.7 Å². The van der Waals surface area contributed by atoms with Crippen molar-refractivity contribution in [3.8, 4) is 5.75 Å². The van der Waals surface area contributed by atoms with E-state index in [1.54, 1.807) is 0 Å².